The van der Waals surface area contributed by atoms with Crippen LogP contribution in [-0.4, -0.2) is 26.5 Å². The van der Waals surface area contributed by atoms with E-state index in [2.05, 4.69) is 15.0 Å². The first-order valence-corrected chi connectivity index (χ1v) is 9.14. The van der Waals surface area contributed by atoms with Gasteiger partial charge in [0, 0.05) is 19.3 Å². The molecule has 5 nitrogen and oxygen atoms in total. The van der Waals surface area contributed by atoms with Crippen LogP contribution in [0.3, 0.4) is 0 Å². The molecule has 4 unspecified atom stereocenters. The molecule has 0 amide bonds. The van der Waals surface area contributed by atoms with Gasteiger partial charge in [-0.3, -0.25) is 0 Å². The molecule has 0 spiro atoms. The van der Waals surface area contributed by atoms with Crippen LogP contribution in [0.2, 0.25) is 0 Å². The van der Waals surface area contributed by atoms with Crippen molar-refractivity contribution < 1.29 is 8.42 Å². The number of aromatic nitrogens is 1. The first-order valence-electron chi connectivity index (χ1n) is 7.66. The van der Waals surface area contributed by atoms with Crippen LogP contribution < -0.4 is 10.0 Å². The van der Waals surface area contributed by atoms with Crippen molar-refractivity contribution >= 4 is 15.8 Å². The van der Waals surface area contributed by atoms with Gasteiger partial charge in [0.25, 0.3) is 0 Å². The van der Waals surface area contributed by atoms with Crippen molar-refractivity contribution in [3.8, 4) is 0 Å². The lowest BCUT2D eigenvalue weighted by Crippen LogP contribution is -2.40. The Labute approximate surface area is 126 Å². The fourth-order valence-electron chi connectivity index (χ4n) is 4.10. The molecule has 21 heavy (non-hydrogen) atoms. The van der Waals surface area contributed by atoms with Gasteiger partial charge in [-0.1, -0.05) is 6.42 Å². The number of nitrogens with one attached hydrogen (secondary N) is 2. The van der Waals surface area contributed by atoms with E-state index in [-0.39, 0.29) is 10.9 Å². The van der Waals surface area contributed by atoms with E-state index in [0.29, 0.717) is 17.7 Å². The van der Waals surface area contributed by atoms with Gasteiger partial charge in [0.2, 0.25) is 10.0 Å². The van der Waals surface area contributed by atoms with E-state index >= 15 is 0 Å². The molecular weight excluding hydrogens is 286 g/mol. The summed E-state index contributed by atoms with van der Waals surface area (Å²) in [5, 5.41) is 2.84. The van der Waals surface area contributed by atoms with Crippen molar-refractivity contribution in [3.05, 3.63) is 18.3 Å². The molecule has 1 heterocycles. The summed E-state index contributed by atoms with van der Waals surface area (Å²) >= 11 is 0. The Hall–Kier alpha value is -1.14. The van der Waals surface area contributed by atoms with Crippen molar-refractivity contribution in [1.82, 2.24) is 9.71 Å². The third-order valence-electron chi connectivity index (χ3n) is 5.07. The lowest BCUT2D eigenvalue weighted by atomic mass is 9.84. The molecule has 2 saturated carbocycles. The molecule has 2 aliphatic rings. The molecule has 0 aromatic carbocycles. The van der Waals surface area contributed by atoms with Crippen LogP contribution in [0.1, 0.15) is 32.6 Å². The molecule has 3 rings (SSSR count). The van der Waals surface area contributed by atoms with Crippen LogP contribution in [0, 0.1) is 17.8 Å². The van der Waals surface area contributed by atoms with Crippen molar-refractivity contribution in [2.45, 2.75) is 43.5 Å². The van der Waals surface area contributed by atoms with Gasteiger partial charge in [0.05, 0.1) is 0 Å². The minimum Gasteiger partial charge on any atom is -0.372 e. The first kappa shape index (κ1) is 14.8. The quantitative estimate of drug-likeness (QED) is 0.875. The molecular formula is C15H23N3O2S. The van der Waals surface area contributed by atoms with E-state index in [9.17, 15) is 8.42 Å². The van der Waals surface area contributed by atoms with E-state index in [1.807, 2.05) is 6.92 Å². The largest absolute Gasteiger partial charge is 0.372 e. The van der Waals surface area contributed by atoms with E-state index < -0.39 is 10.0 Å². The fraction of sp³-hybridized carbons (Fsp3) is 0.667. The number of nitrogens with zero attached hydrogens (tertiary/aromatic N) is 1. The van der Waals surface area contributed by atoms with Gasteiger partial charge in [-0.05, 0) is 56.1 Å². The van der Waals surface area contributed by atoms with E-state index in [1.165, 1.54) is 25.7 Å². The average Bonchev–Trinajstić information content (AvgIpc) is 3.09. The Morgan fingerprint density at radius 3 is 2.76 bits per heavy atom. The van der Waals surface area contributed by atoms with Crippen LogP contribution >= 0.6 is 0 Å². The zero-order valence-corrected chi connectivity index (χ0v) is 13.4. The molecule has 0 saturated heterocycles. The number of anilines is 1. The molecule has 0 radical (unpaired) electrons. The molecule has 1 aromatic heterocycles. The number of fused-ring (bicyclic) bond motifs is 2. The maximum atomic E-state index is 12.6. The number of pyridine rings is 1. The van der Waals surface area contributed by atoms with Crippen LogP contribution in [0.15, 0.2) is 23.2 Å². The molecule has 116 valence electrons. The summed E-state index contributed by atoms with van der Waals surface area (Å²) in [7, 11) is -1.85. The third-order valence-corrected chi connectivity index (χ3v) is 6.66. The summed E-state index contributed by atoms with van der Waals surface area (Å²) in [5.41, 5.74) is 0. The molecule has 6 heteroatoms. The third kappa shape index (κ3) is 2.79. The number of rotatable bonds is 5. The number of sulfonamides is 1. The first-order chi connectivity index (χ1) is 10.0. The summed E-state index contributed by atoms with van der Waals surface area (Å²) in [4.78, 5) is 4.30. The molecule has 1 aromatic rings. The van der Waals surface area contributed by atoms with Gasteiger partial charge >= 0.3 is 0 Å². The topological polar surface area (TPSA) is 71.1 Å². The lowest BCUT2D eigenvalue weighted by Gasteiger charge is -2.28. The zero-order chi connectivity index (χ0) is 15.0. The van der Waals surface area contributed by atoms with Gasteiger partial charge in [-0.25, -0.2) is 18.1 Å². The van der Waals surface area contributed by atoms with Gasteiger partial charge in [0.15, 0.2) is 0 Å². The Bertz CT molecular complexity index is 617. The van der Waals surface area contributed by atoms with Gasteiger partial charge < -0.3 is 5.32 Å². The molecule has 2 aliphatic carbocycles. The number of hydrogen-bond donors (Lipinski definition) is 2. The Morgan fingerprint density at radius 2 is 2.14 bits per heavy atom. The Morgan fingerprint density at radius 1 is 1.33 bits per heavy atom. The minimum atomic E-state index is -3.53. The standard InChI is InChI=1S/C15H23N3O2S/c1-10(13-9-11-5-6-12(13)8-11)18-21(19,20)14-4-3-7-17-15(14)16-2/h3-4,7,10-13,18H,5-6,8-9H2,1-2H3,(H,16,17). The smallest absolute Gasteiger partial charge is 0.244 e. The summed E-state index contributed by atoms with van der Waals surface area (Å²) in [6, 6.07) is 3.22. The summed E-state index contributed by atoms with van der Waals surface area (Å²) in [6.07, 6.45) is 6.62. The maximum absolute atomic E-state index is 12.6. The summed E-state index contributed by atoms with van der Waals surface area (Å²) < 4.78 is 28.1. The van der Waals surface area contributed by atoms with Gasteiger partial charge in [-0.2, -0.15) is 0 Å². The van der Waals surface area contributed by atoms with Crippen LogP contribution in [-0.2, 0) is 10.0 Å². The van der Waals surface area contributed by atoms with Gasteiger partial charge in [-0.15, -0.1) is 0 Å². The zero-order valence-electron chi connectivity index (χ0n) is 12.5. The predicted octanol–water partition coefficient (Wildman–Crippen LogP) is 2.23. The Kier molecular flexibility index (Phi) is 3.92. The summed E-state index contributed by atoms with van der Waals surface area (Å²) in [5.74, 6) is 2.39. The molecule has 0 aliphatic heterocycles. The fourth-order valence-corrected chi connectivity index (χ4v) is 5.56. The highest BCUT2D eigenvalue weighted by Crippen LogP contribution is 2.49. The van der Waals surface area contributed by atoms with E-state index in [4.69, 9.17) is 0 Å². The van der Waals surface area contributed by atoms with Crippen LogP contribution in [0.4, 0.5) is 5.82 Å². The second-order valence-corrected chi connectivity index (χ2v) is 8.03. The second-order valence-electron chi connectivity index (χ2n) is 6.35. The van der Waals surface area contributed by atoms with E-state index in [1.54, 1.807) is 25.4 Å². The molecule has 2 N–H and O–H groups in total. The Balaban J connectivity index is 1.77. The van der Waals surface area contributed by atoms with Crippen molar-refractivity contribution in [2.75, 3.05) is 12.4 Å². The van der Waals surface area contributed by atoms with Crippen molar-refractivity contribution in [1.29, 1.82) is 0 Å². The molecule has 2 bridgehead atoms. The monoisotopic (exact) mass is 309 g/mol. The minimum absolute atomic E-state index is 0.0183. The maximum Gasteiger partial charge on any atom is 0.244 e. The van der Waals surface area contributed by atoms with Crippen LogP contribution in [0.25, 0.3) is 0 Å². The predicted molar refractivity (Wildman–Crippen MR) is 82.5 cm³/mol. The highest BCUT2D eigenvalue weighted by Gasteiger charge is 2.42. The molecule has 2 fully saturated rings. The highest BCUT2D eigenvalue weighted by atomic mass is 32.2. The van der Waals surface area contributed by atoms with Crippen molar-refractivity contribution in [2.24, 2.45) is 17.8 Å². The average molecular weight is 309 g/mol. The molecule has 4 atom stereocenters. The summed E-state index contributed by atoms with van der Waals surface area (Å²) in [6.45, 7) is 2.00. The van der Waals surface area contributed by atoms with E-state index in [0.717, 1.165) is 5.92 Å². The SMILES string of the molecule is CNc1ncccc1S(=O)(=O)NC(C)C1CC2CCC1C2. The van der Waals surface area contributed by atoms with Gasteiger partial charge in [0.1, 0.15) is 10.7 Å². The normalized spacial score (nSPS) is 29.5. The van der Waals surface area contributed by atoms with Crippen LogP contribution in [0.5, 0.6) is 0 Å². The number of hydrogen-bond acceptors (Lipinski definition) is 4. The highest BCUT2D eigenvalue weighted by molar-refractivity contribution is 7.89. The second kappa shape index (κ2) is 5.57. The van der Waals surface area contributed by atoms with Crippen molar-refractivity contribution in [3.63, 3.8) is 0 Å². The lowest BCUT2D eigenvalue weighted by molar-refractivity contribution is 0.280.